The number of hydrogen-bond donors (Lipinski definition) is 3. The van der Waals surface area contributed by atoms with E-state index in [0.29, 0.717) is 47.5 Å². The number of halogens is 1. The molecule has 1 aliphatic heterocycles. The third kappa shape index (κ3) is 6.10. The van der Waals surface area contributed by atoms with Gasteiger partial charge in [0.15, 0.2) is 0 Å². The van der Waals surface area contributed by atoms with Gasteiger partial charge in [-0.2, -0.15) is 0 Å². The number of rotatable bonds is 10. The molecule has 192 valence electrons. The van der Waals surface area contributed by atoms with Crippen molar-refractivity contribution >= 4 is 40.2 Å². The maximum atomic E-state index is 12.8. The number of benzene rings is 1. The molecule has 1 fully saturated rings. The van der Waals surface area contributed by atoms with Crippen molar-refractivity contribution in [3.05, 3.63) is 59.5 Å². The smallest absolute Gasteiger partial charge is 0.249 e. The molecule has 8 nitrogen and oxygen atoms in total. The van der Waals surface area contributed by atoms with Gasteiger partial charge < -0.3 is 14.7 Å². The molecule has 1 unspecified atom stereocenters. The summed E-state index contributed by atoms with van der Waals surface area (Å²) < 4.78 is 5.33. The summed E-state index contributed by atoms with van der Waals surface area (Å²) in [7, 11) is 1.58. The number of piperidine rings is 1. The highest BCUT2D eigenvalue weighted by Crippen LogP contribution is 2.41. The van der Waals surface area contributed by atoms with Crippen molar-refractivity contribution in [3.63, 3.8) is 0 Å². The van der Waals surface area contributed by atoms with Crippen LogP contribution in [-0.4, -0.2) is 63.6 Å². The number of aliphatic hydroxyl groups is 1. The number of fused-ring (bicyclic) bond motifs is 1. The lowest BCUT2D eigenvalue weighted by Gasteiger charge is -2.40. The zero-order valence-corrected chi connectivity index (χ0v) is 21.8. The molecule has 1 amide bonds. The molecule has 1 aromatic carbocycles. The van der Waals surface area contributed by atoms with Gasteiger partial charge in [-0.15, -0.1) is 11.8 Å². The summed E-state index contributed by atoms with van der Waals surface area (Å²) in [5, 5.41) is 21.7. The second-order valence-electron chi connectivity index (χ2n) is 9.06. The number of likely N-dealkylation sites (tertiary alicyclic amines) is 1. The second-order valence-corrected chi connectivity index (χ2v) is 10.6. The van der Waals surface area contributed by atoms with Crippen molar-refractivity contribution in [1.82, 2.24) is 20.3 Å². The van der Waals surface area contributed by atoms with Crippen LogP contribution in [0, 0.1) is 5.41 Å². The van der Waals surface area contributed by atoms with E-state index in [2.05, 4.69) is 14.9 Å². The van der Waals surface area contributed by atoms with E-state index in [-0.39, 0.29) is 0 Å². The molecule has 0 radical (unpaired) electrons. The van der Waals surface area contributed by atoms with E-state index in [4.69, 9.17) is 16.3 Å². The van der Waals surface area contributed by atoms with E-state index < -0.39 is 17.4 Å². The van der Waals surface area contributed by atoms with Crippen LogP contribution in [0.2, 0.25) is 5.02 Å². The van der Waals surface area contributed by atoms with Crippen molar-refractivity contribution in [2.24, 2.45) is 5.41 Å². The fourth-order valence-corrected chi connectivity index (χ4v) is 6.00. The van der Waals surface area contributed by atoms with Gasteiger partial charge in [0.25, 0.3) is 0 Å². The SMILES string of the molecule is COc1ccc2ncc(Cl)c(C(O)CCC3(C(=O)NO)CCN(CCSc4cccnc4)CC3)c2c1. The van der Waals surface area contributed by atoms with Crippen LogP contribution in [0.5, 0.6) is 5.75 Å². The normalized spacial score (nSPS) is 16.6. The minimum atomic E-state index is -0.896. The van der Waals surface area contributed by atoms with E-state index in [1.54, 1.807) is 25.1 Å². The van der Waals surface area contributed by atoms with E-state index in [9.17, 15) is 15.1 Å². The van der Waals surface area contributed by atoms with Gasteiger partial charge in [0.1, 0.15) is 5.75 Å². The standard InChI is InChI=1S/C26H31ClN4O4S/c1-35-18-4-5-22-20(15-18)24(21(27)17-29-22)23(32)6-7-26(25(33)30-34)8-11-31(12-9-26)13-14-36-19-3-2-10-28-16-19/h2-5,10,15-17,23,32,34H,6-9,11-14H2,1H3,(H,30,33). The van der Waals surface area contributed by atoms with Crippen molar-refractivity contribution in [1.29, 1.82) is 0 Å². The Morgan fingerprint density at radius 1 is 1.31 bits per heavy atom. The number of aromatic nitrogens is 2. The fourth-order valence-electron chi connectivity index (χ4n) is 4.83. The third-order valence-corrected chi connectivity index (χ3v) is 8.27. The zero-order chi connectivity index (χ0) is 25.5. The first-order valence-corrected chi connectivity index (χ1v) is 13.3. The Hall–Kier alpha value is -2.43. The molecule has 1 saturated heterocycles. The molecule has 4 rings (SSSR count). The van der Waals surface area contributed by atoms with Crippen molar-refractivity contribution in [3.8, 4) is 5.75 Å². The minimum absolute atomic E-state index is 0.320. The van der Waals surface area contributed by atoms with E-state index in [0.717, 1.165) is 35.7 Å². The predicted molar refractivity (Wildman–Crippen MR) is 140 cm³/mol. The maximum absolute atomic E-state index is 12.8. The van der Waals surface area contributed by atoms with Gasteiger partial charge in [-0.1, -0.05) is 11.6 Å². The summed E-state index contributed by atoms with van der Waals surface area (Å²) >= 11 is 8.21. The Bertz CT molecular complexity index is 1180. The lowest BCUT2D eigenvalue weighted by molar-refractivity contribution is -0.143. The number of nitrogens with one attached hydrogen (secondary N) is 1. The molecule has 0 bridgehead atoms. The number of nitrogens with zero attached hydrogens (tertiary/aromatic N) is 3. The lowest BCUT2D eigenvalue weighted by atomic mass is 9.73. The number of carbonyl (C=O) groups is 1. The first-order chi connectivity index (χ1) is 17.5. The Kier molecular flexibility index (Phi) is 9.03. The van der Waals surface area contributed by atoms with Crippen molar-refractivity contribution < 1.29 is 19.8 Å². The molecule has 0 saturated carbocycles. The highest BCUT2D eigenvalue weighted by molar-refractivity contribution is 7.99. The number of methoxy groups -OCH3 is 1. The van der Waals surface area contributed by atoms with Crippen LogP contribution in [0.4, 0.5) is 0 Å². The van der Waals surface area contributed by atoms with Crippen molar-refractivity contribution in [2.45, 2.75) is 36.7 Å². The quantitative estimate of drug-likeness (QED) is 0.200. The largest absolute Gasteiger partial charge is 0.497 e. The topological polar surface area (TPSA) is 108 Å². The molecule has 3 heterocycles. The average molecular weight is 531 g/mol. The number of ether oxygens (including phenoxy) is 1. The predicted octanol–water partition coefficient (Wildman–Crippen LogP) is 4.49. The Morgan fingerprint density at radius 3 is 2.81 bits per heavy atom. The first-order valence-electron chi connectivity index (χ1n) is 12.0. The molecule has 2 aromatic heterocycles. The number of thioether (sulfide) groups is 1. The number of amides is 1. The summed E-state index contributed by atoms with van der Waals surface area (Å²) in [6.07, 6.45) is 6.20. The van der Waals surface area contributed by atoms with Crippen LogP contribution in [0.15, 0.2) is 53.8 Å². The molecule has 10 heteroatoms. The summed E-state index contributed by atoms with van der Waals surface area (Å²) in [6.45, 7) is 2.39. The fraction of sp³-hybridized carbons (Fsp3) is 0.423. The number of hydroxylamine groups is 1. The Labute approximate surface area is 220 Å². The summed E-state index contributed by atoms with van der Waals surface area (Å²) in [5.41, 5.74) is 2.39. The highest BCUT2D eigenvalue weighted by Gasteiger charge is 2.41. The Morgan fingerprint density at radius 2 is 2.11 bits per heavy atom. The van der Waals surface area contributed by atoms with Crippen LogP contribution < -0.4 is 10.2 Å². The van der Waals surface area contributed by atoms with Gasteiger partial charge in [-0.3, -0.25) is 20.0 Å². The van der Waals surface area contributed by atoms with Crippen molar-refractivity contribution in [2.75, 3.05) is 32.5 Å². The van der Waals surface area contributed by atoms with E-state index in [1.807, 2.05) is 42.0 Å². The molecule has 3 N–H and O–H groups in total. The van der Waals surface area contributed by atoms with E-state index >= 15 is 0 Å². The molecular formula is C26H31ClN4O4S. The third-order valence-electron chi connectivity index (χ3n) is 7.00. The molecule has 0 spiro atoms. The van der Waals surface area contributed by atoms with Gasteiger partial charge >= 0.3 is 0 Å². The Balaban J connectivity index is 1.40. The van der Waals surface area contributed by atoms with Gasteiger partial charge in [0, 0.05) is 46.7 Å². The van der Waals surface area contributed by atoms with Crippen LogP contribution >= 0.6 is 23.4 Å². The zero-order valence-electron chi connectivity index (χ0n) is 20.2. The molecule has 1 aliphatic rings. The molecule has 1 atom stereocenters. The van der Waals surface area contributed by atoms with Crippen LogP contribution in [0.3, 0.4) is 0 Å². The monoisotopic (exact) mass is 530 g/mol. The molecular weight excluding hydrogens is 500 g/mol. The van der Waals surface area contributed by atoms with Gasteiger partial charge in [-0.25, -0.2) is 5.48 Å². The average Bonchev–Trinajstić information content (AvgIpc) is 2.92. The molecule has 3 aromatic rings. The lowest BCUT2D eigenvalue weighted by Crippen LogP contribution is -2.48. The van der Waals surface area contributed by atoms with E-state index in [1.165, 1.54) is 6.20 Å². The summed E-state index contributed by atoms with van der Waals surface area (Å²) in [5.74, 6) is 1.18. The van der Waals surface area contributed by atoms with Gasteiger partial charge in [0.2, 0.25) is 5.91 Å². The summed E-state index contributed by atoms with van der Waals surface area (Å²) in [4.78, 5) is 24.7. The minimum Gasteiger partial charge on any atom is -0.497 e. The first kappa shape index (κ1) is 26.6. The molecule has 36 heavy (non-hydrogen) atoms. The second kappa shape index (κ2) is 12.2. The molecule has 0 aliphatic carbocycles. The summed E-state index contributed by atoms with van der Waals surface area (Å²) in [6, 6.07) is 9.42. The van der Waals surface area contributed by atoms with Crippen LogP contribution in [0.1, 0.15) is 37.4 Å². The number of hydrogen-bond acceptors (Lipinski definition) is 8. The van der Waals surface area contributed by atoms with Crippen LogP contribution in [0.25, 0.3) is 10.9 Å². The maximum Gasteiger partial charge on any atom is 0.249 e. The van der Waals surface area contributed by atoms with Crippen LogP contribution in [-0.2, 0) is 4.79 Å². The highest BCUT2D eigenvalue weighted by atomic mass is 35.5. The number of aliphatic hydroxyl groups excluding tert-OH is 1. The van der Waals surface area contributed by atoms with Gasteiger partial charge in [0.05, 0.1) is 29.2 Å². The number of pyridine rings is 2. The van der Waals surface area contributed by atoms with Gasteiger partial charge in [-0.05, 0) is 69.1 Å². The number of carbonyl (C=O) groups excluding carboxylic acids is 1.